The van der Waals surface area contributed by atoms with Crippen LogP contribution >= 0.6 is 0 Å². The van der Waals surface area contributed by atoms with Crippen molar-refractivity contribution in [2.75, 3.05) is 0 Å². The Morgan fingerprint density at radius 1 is 1.64 bits per heavy atom. The molecule has 0 amide bonds. The average molecular weight is 152 g/mol. The summed E-state index contributed by atoms with van der Waals surface area (Å²) in [7, 11) is 0. The summed E-state index contributed by atoms with van der Waals surface area (Å²) in [4.78, 5) is 10.9. The summed E-state index contributed by atoms with van der Waals surface area (Å²) < 4.78 is 5.10. The zero-order valence-electron chi connectivity index (χ0n) is 7.10. The van der Waals surface area contributed by atoms with E-state index in [2.05, 4.69) is 0 Å². The van der Waals surface area contributed by atoms with Gasteiger partial charge in [-0.15, -0.1) is 0 Å². The van der Waals surface area contributed by atoms with Crippen LogP contribution in [-0.4, -0.2) is 5.78 Å². The Balaban J connectivity index is 3.10. The van der Waals surface area contributed by atoms with E-state index in [9.17, 15) is 4.79 Å². The predicted molar refractivity (Wildman–Crippen MR) is 42.8 cm³/mol. The van der Waals surface area contributed by atoms with Gasteiger partial charge in [-0.3, -0.25) is 4.79 Å². The van der Waals surface area contributed by atoms with Gasteiger partial charge in [0, 0.05) is 12.5 Å². The molecule has 1 aromatic rings. The van der Waals surface area contributed by atoms with E-state index >= 15 is 0 Å². The summed E-state index contributed by atoms with van der Waals surface area (Å²) in [6.07, 6.45) is 2.58. The van der Waals surface area contributed by atoms with Gasteiger partial charge >= 0.3 is 0 Å². The molecule has 0 N–H and O–H groups in total. The fraction of sp³-hybridized carbons (Fsp3) is 0.444. The SMILES string of the molecule is CCc1coc(C(C)=O)c1C. The first-order valence-corrected chi connectivity index (χ1v) is 3.74. The van der Waals surface area contributed by atoms with Gasteiger partial charge in [-0.2, -0.15) is 0 Å². The van der Waals surface area contributed by atoms with Crippen molar-refractivity contribution >= 4 is 5.78 Å². The quantitative estimate of drug-likeness (QED) is 0.609. The second kappa shape index (κ2) is 2.91. The van der Waals surface area contributed by atoms with Crippen molar-refractivity contribution in [1.82, 2.24) is 0 Å². The van der Waals surface area contributed by atoms with Crippen LogP contribution in [0.1, 0.15) is 35.5 Å². The van der Waals surface area contributed by atoms with E-state index in [1.54, 1.807) is 6.26 Å². The summed E-state index contributed by atoms with van der Waals surface area (Å²) in [6.45, 7) is 5.48. The van der Waals surface area contributed by atoms with Gasteiger partial charge < -0.3 is 4.42 Å². The number of hydrogen-bond acceptors (Lipinski definition) is 2. The van der Waals surface area contributed by atoms with E-state index in [1.165, 1.54) is 6.92 Å². The zero-order valence-corrected chi connectivity index (χ0v) is 7.10. The molecule has 2 heteroatoms. The van der Waals surface area contributed by atoms with Crippen molar-refractivity contribution in [3.05, 3.63) is 23.2 Å². The highest BCUT2D eigenvalue weighted by Gasteiger charge is 2.10. The highest BCUT2D eigenvalue weighted by Crippen LogP contribution is 2.16. The molecule has 1 rings (SSSR count). The molecule has 0 saturated carbocycles. The first-order valence-electron chi connectivity index (χ1n) is 3.74. The van der Waals surface area contributed by atoms with E-state index in [-0.39, 0.29) is 5.78 Å². The lowest BCUT2D eigenvalue weighted by atomic mass is 10.1. The Labute approximate surface area is 66.2 Å². The monoisotopic (exact) mass is 152 g/mol. The smallest absolute Gasteiger partial charge is 0.195 e. The van der Waals surface area contributed by atoms with E-state index in [0.717, 1.165) is 17.5 Å². The molecule has 0 spiro atoms. The number of carbonyl (C=O) groups excluding carboxylic acids is 1. The average Bonchev–Trinajstić information content (AvgIpc) is 2.30. The van der Waals surface area contributed by atoms with Gasteiger partial charge in [0.2, 0.25) is 0 Å². The first-order chi connectivity index (χ1) is 5.16. The standard InChI is InChI=1S/C9H12O2/c1-4-8-5-11-9(6(8)2)7(3)10/h5H,4H2,1-3H3. The van der Waals surface area contributed by atoms with Crippen LogP contribution in [0.2, 0.25) is 0 Å². The minimum Gasteiger partial charge on any atom is -0.461 e. The molecule has 0 fully saturated rings. The summed E-state index contributed by atoms with van der Waals surface area (Å²) in [6, 6.07) is 0. The third kappa shape index (κ3) is 1.34. The molecule has 0 radical (unpaired) electrons. The number of carbonyl (C=O) groups is 1. The van der Waals surface area contributed by atoms with Crippen LogP contribution in [0.15, 0.2) is 10.7 Å². The molecule has 0 saturated heterocycles. The summed E-state index contributed by atoms with van der Waals surface area (Å²) in [5.41, 5.74) is 2.11. The molecule has 0 bridgehead atoms. The van der Waals surface area contributed by atoms with Gasteiger partial charge in [0.1, 0.15) is 0 Å². The Kier molecular flexibility index (Phi) is 2.13. The van der Waals surface area contributed by atoms with Crippen LogP contribution in [0.3, 0.4) is 0 Å². The number of ketones is 1. The first kappa shape index (κ1) is 8.05. The molecule has 0 atom stereocenters. The Bertz CT molecular complexity index is 271. The second-order valence-electron chi connectivity index (χ2n) is 2.62. The lowest BCUT2D eigenvalue weighted by Gasteiger charge is -1.91. The third-order valence-electron chi connectivity index (χ3n) is 1.84. The second-order valence-corrected chi connectivity index (χ2v) is 2.62. The molecule has 60 valence electrons. The van der Waals surface area contributed by atoms with Crippen LogP contribution in [0.4, 0.5) is 0 Å². The fourth-order valence-corrected chi connectivity index (χ4v) is 1.15. The molecule has 0 unspecified atom stereocenters. The van der Waals surface area contributed by atoms with Crippen molar-refractivity contribution < 1.29 is 9.21 Å². The Hall–Kier alpha value is -1.05. The van der Waals surface area contributed by atoms with Crippen LogP contribution in [0.25, 0.3) is 0 Å². The van der Waals surface area contributed by atoms with Crippen molar-refractivity contribution in [1.29, 1.82) is 0 Å². The highest BCUT2D eigenvalue weighted by atomic mass is 16.3. The van der Waals surface area contributed by atoms with Gasteiger partial charge in [0.25, 0.3) is 0 Å². The maximum atomic E-state index is 10.9. The van der Waals surface area contributed by atoms with E-state index < -0.39 is 0 Å². The Morgan fingerprint density at radius 3 is 2.55 bits per heavy atom. The topological polar surface area (TPSA) is 30.2 Å². The Morgan fingerprint density at radius 2 is 2.27 bits per heavy atom. The van der Waals surface area contributed by atoms with Crippen LogP contribution in [-0.2, 0) is 6.42 Å². The molecular weight excluding hydrogens is 140 g/mol. The van der Waals surface area contributed by atoms with Gasteiger partial charge in [0.15, 0.2) is 11.5 Å². The highest BCUT2D eigenvalue weighted by molar-refractivity contribution is 5.92. The maximum Gasteiger partial charge on any atom is 0.195 e. The number of aryl methyl sites for hydroxylation is 1. The number of Topliss-reactive ketones (excluding diaryl/α,β-unsaturated/α-hetero) is 1. The minimum atomic E-state index is 0.00204. The molecule has 2 nitrogen and oxygen atoms in total. The molecule has 1 aromatic heterocycles. The summed E-state index contributed by atoms with van der Waals surface area (Å²) >= 11 is 0. The fourth-order valence-electron chi connectivity index (χ4n) is 1.15. The van der Waals surface area contributed by atoms with Crippen molar-refractivity contribution in [2.45, 2.75) is 27.2 Å². The van der Waals surface area contributed by atoms with Crippen molar-refractivity contribution in [3.63, 3.8) is 0 Å². The van der Waals surface area contributed by atoms with Gasteiger partial charge in [-0.05, 0) is 18.9 Å². The van der Waals surface area contributed by atoms with Gasteiger partial charge in [-0.1, -0.05) is 6.92 Å². The van der Waals surface area contributed by atoms with E-state index in [1.807, 2.05) is 13.8 Å². The third-order valence-corrected chi connectivity index (χ3v) is 1.84. The summed E-state index contributed by atoms with van der Waals surface area (Å²) in [5.74, 6) is 0.504. The van der Waals surface area contributed by atoms with Crippen LogP contribution in [0.5, 0.6) is 0 Å². The zero-order chi connectivity index (χ0) is 8.43. The van der Waals surface area contributed by atoms with E-state index in [4.69, 9.17) is 4.42 Å². The molecule has 1 heterocycles. The molecular formula is C9H12O2. The molecule has 0 aliphatic carbocycles. The van der Waals surface area contributed by atoms with Crippen LogP contribution in [0, 0.1) is 6.92 Å². The maximum absolute atomic E-state index is 10.9. The van der Waals surface area contributed by atoms with Gasteiger partial charge in [0.05, 0.1) is 6.26 Å². The number of hydrogen-bond donors (Lipinski definition) is 0. The lowest BCUT2D eigenvalue weighted by Crippen LogP contribution is -1.92. The number of rotatable bonds is 2. The normalized spacial score (nSPS) is 10.1. The largest absolute Gasteiger partial charge is 0.461 e. The van der Waals surface area contributed by atoms with Crippen molar-refractivity contribution in [2.24, 2.45) is 0 Å². The molecule has 0 aromatic carbocycles. The van der Waals surface area contributed by atoms with Crippen molar-refractivity contribution in [3.8, 4) is 0 Å². The molecule has 0 aliphatic heterocycles. The minimum absolute atomic E-state index is 0.00204. The molecule has 11 heavy (non-hydrogen) atoms. The molecule has 0 aliphatic rings. The van der Waals surface area contributed by atoms with Crippen LogP contribution < -0.4 is 0 Å². The summed E-state index contributed by atoms with van der Waals surface area (Å²) in [5, 5.41) is 0. The predicted octanol–water partition coefficient (Wildman–Crippen LogP) is 2.35. The van der Waals surface area contributed by atoms with Gasteiger partial charge in [-0.25, -0.2) is 0 Å². The van der Waals surface area contributed by atoms with E-state index in [0.29, 0.717) is 5.76 Å². The lowest BCUT2D eigenvalue weighted by molar-refractivity contribution is 0.0986. The number of furan rings is 1.